The van der Waals surface area contributed by atoms with Crippen LogP contribution in [0.15, 0.2) is 42.6 Å². The van der Waals surface area contributed by atoms with Crippen molar-refractivity contribution in [2.75, 3.05) is 13.7 Å². The van der Waals surface area contributed by atoms with E-state index in [0.717, 1.165) is 17.7 Å². The fourth-order valence-corrected chi connectivity index (χ4v) is 3.88. The Balaban J connectivity index is 1.46. The van der Waals surface area contributed by atoms with Crippen molar-refractivity contribution >= 4 is 0 Å². The van der Waals surface area contributed by atoms with Crippen molar-refractivity contribution in [1.29, 1.82) is 0 Å². The maximum absolute atomic E-state index is 5.98. The van der Waals surface area contributed by atoms with Crippen LogP contribution in [0.4, 0.5) is 0 Å². The maximum atomic E-state index is 5.98. The standard InChI is InChI=1S/C20H24N2O2/c1-21-20(10-2-3-11-20)13-15-6-8-16(9-7-15)18-14-23-17-5-4-12-22-19(17)24-18/h4-9,12,18,21H,2-3,10-11,13-14H2,1H3/t18-/m1/s1. The van der Waals surface area contributed by atoms with Crippen LogP contribution in [0, 0.1) is 0 Å². The Bertz CT molecular complexity index is 693. The summed E-state index contributed by atoms with van der Waals surface area (Å²) in [5.74, 6) is 1.31. The topological polar surface area (TPSA) is 43.4 Å². The van der Waals surface area contributed by atoms with E-state index in [4.69, 9.17) is 9.47 Å². The molecular weight excluding hydrogens is 300 g/mol. The summed E-state index contributed by atoms with van der Waals surface area (Å²) in [7, 11) is 2.09. The summed E-state index contributed by atoms with van der Waals surface area (Å²) in [5, 5.41) is 3.56. The van der Waals surface area contributed by atoms with Gasteiger partial charge in [-0.15, -0.1) is 0 Å². The maximum Gasteiger partial charge on any atom is 0.257 e. The number of pyridine rings is 1. The second kappa shape index (κ2) is 6.44. The monoisotopic (exact) mass is 324 g/mol. The van der Waals surface area contributed by atoms with Crippen molar-refractivity contribution < 1.29 is 9.47 Å². The summed E-state index contributed by atoms with van der Waals surface area (Å²) < 4.78 is 11.7. The molecule has 0 spiro atoms. The number of rotatable bonds is 4. The predicted octanol–water partition coefficient (Wildman–Crippen LogP) is 3.67. The highest BCUT2D eigenvalue weighted by atomic mass is 16.6. The largest absolute Gasteiger partial charge is 0.484 e. The van der Waals surface area contributed by atoms with Crippen LogP contribution < -0.4 is 14.8 Å². The third-order valence-electron chi connectivity index (χ3n) is 5.37. The van der Waals surface area contributed by atoms with Gasteiger partial charge in [-0.25, -0.2) is 4.98 Å². The Morgan fingerprint density at radius 1 is 1.17 bits per heavy atom. The lowest BCUT2D eigenvalue weighted by Crippen LogP contribution is -2.42. The molecule has 0 saturated heterocycles. The second-order valence-electron chi connectivity index (χ2n) is 6.88. The lowest BCUT2D eigenvalue weighted by molar-refractivity contribution is 0.0851. The van der Waals surface area contributed by atoms with Crippen LogP contribution in [-0.4, -0.2) is 24.2 Å². The third kappa shape index (κ3) is 2.98. The molecule has 4 heteroatoms. The zero-order valence-corrected chi connectivity index (χ0v) is 14.1. The first-order valence-electron chi connectivity index (χ1n) is 8.80. The molecule has 0 bridgehead atoms. The van der Waals surface area contributed by atoms with Gasteiger partial charge in [0.15, 0.2) is 11.9 Å². The van der Waals surface area contributed by atoms with Crippen molar-refractivity contribution in [3.8, 4) is 11.6 Å². The van der Waals surface area contributed by atoms with Gasteiger partial charge in [-0.3, -0.25) is 0 Å². The van der Waals surface area contributed by atoms with Crippen LogP contribution in [0.2, 0.25) is 0 Å². The normalized spacial score (nSPS) is 21.6. The van der Waals surface area contributed by atoms with Gasteiger partial charge in [0.05, 0.1) is 0 Å². The number of likely N-dealkylation sites (N-methyl/N-ethyl adjacent to an activating group) is 1. The van der Waals surface area contributed by atoms with Crippen molar-refractivity contribution in [1.82, 2.24) is 10.3 Å². The Kier molecular flexibility index (Phi) is 4.15. The zero-order valence-electron chi connectivity index (χ0n) is 14.1. The minimum Gasteiger partial charge on any atom is -0.484 e. The van der Waals surface area contributed by atoms with Gasteiger partial charge >= 0.3 is 0 Å². The smallest absolute Gasteiger partial charge is 0.257 e. The minimum atomic E-state index is -0.0915. The molecule has 1 aliphatic heterocycles. The van der Waals surface area contributed by atoms with Gasteiger partial charge in [0.25, 0.3) is 5.88 Å². The number of nitrogens with one attached hydrogen (secondary N) is 1. The Morgan fingerprint density at radius 2 is 1.96 bits per heavy atom. The van der Waals surface area contributed by atoms with Crippen molar-refractivity contribution in [3.63, 3.8) is 0 Å². The van der Waals surface area contributed by atoms with E-state index < -0.39 is 0 Å². The second-order valence-corrected chi connectivity index (χ2v) is 6.88. The van der Waals surface area contributed by atoms with Gasteiger partial charge in [-0.05, 0) is 49.6 Å². The summed E-state index contributed by atoms with van der Waals surface area (Å²) in [6.45, 7) is 0.526. The van der Waals surface area contributed by atoms with Gasteiger partial charge in [0, 0.05) is 11.7 Å². The molecule has 2 aromatic rings. The quantitative estimate of drug-likeness (QED) is 0.932. The van der Waals surface area contributed by atoms with Crippen molar-refractivity contribution in [3.05, 3.63) is 53.7 Å². The molecule has 1 aliphatic carbocycles. The van der Waals surface area contributed by atoms with E-state index >= 15 is 0 Å². The molecule has 1 saturated carbocycles. The highest BCUT2D eigenvalue weighted by Gasteiger charge is 2.32. The molecule has 0 amide bonds. The Morgan fingerprint density at radius 3 is 2.71 bits per heavy atom. The molecule has 2 heterocycles. The van der Waals surface area contributed by atoms with Gasteiger partial charge in [0.2, 0.25) is 0 Å². The molecule has 4 nitrogen and oxygen atoms in total. The molecule has 1 aromatic heterocycles. The molecule has 4 rings (SSSR count). The van der Waals surface area contributed by atoms with Crippen LogP contribution in [-0.2, 0) is 6.42 Å². The molecule has 126 valence electrons. The molecule has 1 N–H and O–H groups in total. The average Bonchev–Trinajstić information content (AvgIpc) is 3.11. The number of aromatic nitrogens is 1. The number of ether oxygens (including phenoxy) is 2. The van der Waals surface area contributed by atoms with Gasteiger partial charge in [-0.2, -0.15) is 0 Å². The van der Waals surface area contributed by atoms with Crippen LogP contribution in [0.3, 0.4) is 0 Å². The predicted molar refractivity (Wildman–Crippen MR) is 93.5 cm³/mol. The zero-order chi connectivity index (χ0) is 16.4. The summed E-state index contributed by atoms with van der Waals surface area (Å²) in [6, 6.07) is 12.5. The fraction of sp³-hybridized carbons (Fsp3) is 0.450. The number of fused-ring (bicyclic) bond motifs is 1. The van der Waals surface area contributed by atoms with E-state index in [9.17, 15) is 0 Å². The third-order valence-corrected chi connectivity index (χ3v) is 5.37. The van der Waals surface area contributed by atoms with E-state index in [1.807, 2.05) is 12.1 Å². The van der Waals surface area contributed by atoms with Crippen LogP contribution in [0.5, 0.6) is 11.6 Å². The summed E-state index contributed by atoms with van der Waals surface area (Å²) >= 11 is 0. The van der Waals surface area contributed by atoms with E-state index in [0.29, 0.717) is 12.5 Å². The average molecular weight is 324 g/mol. The first kappa shape index (κ1) is 15.5. The fourth-order valence-electron chi connectivity index (χ4n) is 3.88. The molecule has 24 heavy (non-hydrogen) atoms. The van der Waals surface area contributed by atoms with E-state index in [1.54, 1.807) is 6.20 Å². The number of benzene rings is 1. The highest BCUT2D eigenvalue weighted by molar-refractivity contribution is 5.36. The van der Waals surface area contributed by atoms with E-state index in [2.05, 4.69) is 41.6 Å². The molecular formula is C20H24N2O2. The SMILES string of the molecule is CNC1(Cc2ccc([C@H]3COc4cccnc4O3)cc2)CCCC1. The lowest BCUT2D eigenvalue weighted by Gasteiger charge is -2.29. The van der Waals surface area contributed by atoms with Crippen LogP contribution in [0.1, 0.15) is 42.9 Å². The first-order valence-corrected chi connectivity index (χ1v) is 8.80. The van der Waals surface area contributed by atoms with Crippen molar-refractivity contribution in [2.45, 2.75) is 43.7 Å². The Hall–Kier alpha value is -2.07. The van der Waals surface area contributed by atoms with Crippen molar-refractivity contribution in [2.24, 2.45) is 0 Å². The number of hydrogen-bond acceptors (Lipinski definition) is 4. The summed E-state index contributed by atoms with van der Waals surface area (Å²) in [5.41, 5.74) is 2.81. The van der Waals surface area contributed by atoms with Crippen LogP contribution in [0.25, 0.3) is 0 Å². The number of nitrogens with zero attached hydrogens (tertiary/aromatic N) is 1. The summed E-state index contributed by atoms with van der Waals surface area (Å²) in [6.07, 6.45) is 7.94. The molecule has 1 atom stereocenters. The Labute approximate surface area is 143 Å². The highest BCUT2D eigenvalue weighted by Crippen LogP contribution is 2.35. The van der Waals surface area contributed by atoms with Crippen LogP contribution >= 0.6 is 0 Å². The molecule has 1 aromatic carbocycles. The van der Waals surface area contributed by atoms with E-state index in [1.165, 1.54) is 31.2 Å². The number of hydrogen-bond donors (Lipinski definition) is 1. The van der Waals surface area contributed by atoms with Gasteiger partial charge < -0.3 is 14.8 Å². The first-order chi connectivity index (χ1) is 11.8. The lowest BCUT2D eigenvalue weighted by atomic mass is 9.89. The van der Waals surface area contributed by atoms with Gasteiger partial charge in [0.1, 0.15) is 6.61 Å². The molecule has 0 radical (unpaired) electrons. The molecule has 0 unspecified atom stereocenters. The summed E-state index contributed by atoms with van der Waals surface area (Å²) in [4.78, 5) is 4.25. The minimum absolute atomic E-state index is 0.0915. The van der Waals surface area contributed by atoms with Gasteiger partial charge in [-0.1, -0.05) is 37.1 Å². The van der Waals surface area contributed by atoms with E-state index in [-0.39, 0.29) is 11.6 Å². The molecule has 2 aliphatic rings. The molecule has 1 fully saturated rings.